The van der Waals surface area contributed by atoms with E-state index in [-0.39, 0.29) is 11.7 Å². The summed E-state index contributed by atoms with van der Waals surface area (Å²) in [6, 6.07) is 1.45. The van der Waals surface area contributed by atoms with E-state index in [1.54, 1.807) is 0 Å². The largest absolute Gasteiger partial charge is 0.394 e. The fourth-order valence-electron chi connectivity index (χ4n) is 5.36. The zero-order valence-corrected chi connectivity index (χ0v) is 24.8. The third-order valence-electron chi connectivity index (χ3n) is 7.90. The monoisotopic (exact) mass is 565 g/mol. The van der Waals surface area contributed by atoms with E-state index < -0.39 is 36.8 Å². The van der Waals surface area contributed by atoms with Gasteiger partial charge in [0.15, 0.2) is 6.23 Å². The van der Waals surface area contributed by atoms with Crippen molar-refractivity contribution in [2.45, 2.75) is 160 Å². The van der Waals surface area contributed by atoms with Gasteiger partial charge in [-0.2, -0.15) is 4.98 Å². The van der Waals surface area contributed by atoms with Crippen LogP contribution in [0.25, 0.3) is 0 Å². The second kappa shape index (κ2) is 21.0. The molecule has 0 radical (unpaired) electrons. The molecule has 0 bridgehead atoms. The molecule has 1 aliphatic rings. The van der Waals surface area contributed by atoms with Crippen molar-refractivity contribution < 1.29 is 24.9 Å². The van der Waals surface area contributed by atoms with Crippen LogP contribution in [0, 0.1) is 0 Å². The van der Waals surface area contributed by atoms with Crippen LogP contribution in [0.15, 0.2) is 17.1 Å². The zero-order chi connectivity index (χ0) is 29.0. The maximum atomic E-state index is 12.4. The number of ether oxygens (including phenoxy) is 1. The number of aliphatic hydroxyl groups excluding tert-OH is 3. The number of aliphatic hydroxyl groups is 3. The standard InChI is InChI=1S/C31H55N3O6/c1-2-3-4-5-6-7-8-9-10-11-12-13-14-15-16-17-18-19-20-21-27(36)32-26-22-23-34(31(39)33-26)30-29(38)28(37)25(24-35)40-30/h22-23,25,28-30,35,37-38H,2-21,24H2,1H3,(H,32,33,36,39)/t25-,28-,29+,30?/m1/s1. The van der Waals surface area contributed by atoms with Crippen molar-refractivity contribution in [3.05, 3.63) is 22.7 Å². The Bertz CT molecular complexity index is 864. The lowest BCUT2D eigenvalue weighted by Crippen LogP contribution is -2.36. The van der Waals surface area contributed by atoms with Crippen molar-refractivity contribution >= 4 is 11.7 Å². The Balaban J connectivity index is 1.43. The van der Waals surface area contributed by atoms with Gasteiger partial charge in [-0.15, -0.1) is 0 Å². The van der Waals surface area contributed by atoms with Crippen LogP contribution in [-0.2, 0) is 9.53 Å². The first-order valence-corrected chi connectivity index (χ1v) is 16.0. The van der Waals surface area contributed by atoms with E-state index in [2.05, 4.69) is 17.2 Å². The van der Waals surface area contributed by atoms with Crippen molar-refractivity contribution in [2.24, 2.45) is 0 Å². The van der Waals surface area contributed by atoms with Crippen LogP contribution in [-0.4, -0.2) is 55.7 Å². The Labute approximate surface area is 240 Å². The van der Waals surface area contributed by atoms with Crippen molar-refractivity contribution in [1.29, 1.82) is 0 Å². The minimum Gasteiger partial charge on any atom is -0.394 e. The number of carbonyl (C=O) groups is 1. The topological polar surface area (TPSA) is 134 Å². The third-order valence-corrected chi connectivity index (χ3v) is 7.90. The highest BCUT2D eigenvalue weighted by Crippen LogP contribution is 2.28. The molecule has 0 aliphatic carbocycles. The number of nitrogens with one attached hydrogen (secondary N) is 1. The molecule has 40 heavy (non-hydrogen) atoms. The van der Waals surface area contributed by atoms with Crippen LogP contribution in [0.2, 0.25) is 0 Å². The van der Waals surface area contributed by atoms with Gasteiger partial charge in [0, 0.05) is 12.6 Å². The molecule has 2 heterocycles. The zero-order valence-electron chi connectivity index (χ0n) is 24.8. The highest BCUT2D eigenvalue weighted by atomic mass is 16.6. The van der Waals surface area contributed by atoms with Crippen LogP contribution in [0.5, 0.6) is 0 Å². The Morgan fingerprint density at radius 3 is 1.73 bits per heavy atom. The summed E-state index contributed by atoms with van der Waals surface area (Å²) in [4.78, 5) is 28.4. The molecule has 9 heteroatoms. The first-order chi connectivity index (χ1) is 19.5. The smallest absolute Gasteiger partial charge is 0.351 e. The van der Waals surface area contributed by atoms with Gasteiger partial charge < -0.3 is 25.4 Å². The molecule has 1 unspecified atom stereocenters. The van der Waals surface area contributed by atoms with Crippen molar-refractivity contribution in [2.75, 3.05) is 11.9 Å². The Morgan fingerprint density at radius 2 is 1.30 bits per heavy atom. The van der Waals surface area contributed by atoms with Crippen LogP contribution >= 0.6 is 0 Å². The lowest BCUT2D eigenvalue weighted by atomic mass is 10.0. The van der Waals surface area contributed by atoms with E-state index >= 15 is 0 Å². The average molecular weight is 566 g/mol. The summed E-state index contributed by atoms with van der Waals surface area (Å²) in [5.74, 6) is -0.0552. The fraction of sp³-hybridized carbons (Fsp3) is 0.839. The number of nitrogens with zero attached hydrogens (tertiary/aromatic N) is 2. The molecule has 2 rings (SSSR count). The number of hydrogen-bond acceptors (Lipinski definition) is 7. The Morgan fingerprint density at radius 1 is 0.825 bits per heavy atom. The van der Waals surface area contributed by atoms with E-state index in [1.165, 1.54) is 115 Å². The van der Waals surface area contributed by atoms with Gasteiger partial charge in [0.1, 0.15) is 24.1 Å². The molecule has 9 nitrogen and oxygen atoms in total. The number of aromatic nitrogens is 2. The molecule has 0 aromatic carbocycles. The maximum absolute atomic E-state index is 12.4. The van der Waals surface area contributed by atoms with Crippen LogP contribution in [0.3, 0.4) is 0 Å². The number of unbranched alkanes of at least 4 members (excludes halogenated alkanes) is 18. The lowest BCUT2D eigenvalue weighted by Gasteiger charge is -2.17. The molecule has 1 saturated heterocycles. The van der Waals surface area contributed by atoms with Crippen LogP contribution < -0.4 is 11.0 Å². The van der Waals surface area contributed by atoms with E-state index in [4.69, 9.17) is 4.74 Å². The highest BCUT2D eigenvalue weighted by molar-refractivity contribution is 5.89. The van der Waals surface area contributed by atoms with Crippen LogP contribution in [0.4, 0.5) is 5.82 Å². The molecular formula is C31H55N3O6. The van der Waals surface area contributed by atoms with Gasteiger partial charge >= 0.3 is 5.69 Å². The lowest BCUT2D eigenvalue weighted by molar-refractivity contribution is -0.116. The molecule has 1 fully saturated rings. The second-order valence-electron chi connectivity index (χ2n) is 11.4. The summed E-state index contributed by atoms with van der Waals surface area (Å²) >= 11 is 0. The molecular weight excluding hydrogens is 510 g/mol. The molecule has 1 aromatic rings. The van der Waals surface area contributed by atoms with Gasteiger partial charge in [-0.05, 0) is 12.5 Å². The first-order valence-electron chi connectivity index (χ1n) is 16.0. The van der Waals surface area contributed by atoms with Gasteiger partial charge in [0.05, 0.1) is 6.61 Å². The molecule has 230 valence electrons. The van der Waals surface area contributed by atoms with E-state index in [0.717, 1.165) is 23.8 Å². The maximum Gasteiger partial charge on any atom is 0.351 e. The average Bonchev–Trinajstić information content (AvgIpc) is 3.23. The molecule has 1 aromatic heterocycles. The van der Waals surface area contributed by atoms with Gasteiger partial charge in [-0.25, -0.2) is 4.79 Å². The summed E-state index contributed by atoms with van der Waals surface area (Å²) in [5, 5.41) is 31.8. The van der Waals surface area contributed by atoms with E-state index in [9.17, 15) is 24.9 Å². The number of hydrogen-bond donors (Lipinski definition) is 4. The molecule has 0 spiro atoms. The Hall–Kier alpha value is -1.81. The van der Waals surface area contributed by atoms with Crippen LogP contribution in [0.1, 0.15) is 142 Å². The predicted molar refractivity (Wildman–Crippen MR) is 158 cm³/mol. The SMILES string of the molecule is CCCCCCCCCCCCCCCCCCCCCC(=O)Nc1ccn(C2O[C@H](CO)[C@@H](O)[C@@H]2O)c(=O)n1. The normalized spacial score (nSPS) is 20.7. The molecule has 1 amide bonds. The van der Waals surface area contributed by atoms with Gasteiger partial charge in [-0.1, -0.05) is 122 Å². The first kappa shape index (κ1) is 34.4. The molecule has 1 aliphatic heterocycles. The minimum atomic E-state index is -1.37. The van der Waals surface area contributed by atoms with Gasteiger partial charge in [0.25, 0.3) is 0 Å². The molecule has 0 saturated carbocycles. The van der Waals surface area contributed by atoms with E-state index in [0.29, 0.717) is 6.42 Å². The minimum absolute atomic E-state index is 0.135. The number of anilines is 1. The summed E-state index contributed by atoms with van der Waals surface area (Å²) < 4.78 is 6.40. The quantitative estimate of drug-likeness (QED) is 0.127. The molecule has 4 atom stereocenters. The Kier molecular flexibility index (Phi) is 18.0. The van der Waals surface area contributed by atoms with Crippen molar-refractivity contribution in [3.8, 4) is 0 Å². The summed E-state index contributed by atoms with van der Waals surface area (Å²) in [7, 11) is 0. The predicted octanol–water partition coefficient (Wildman–Crippen LogP) is 5.62. The number of amides is 1. The third kappa shape index (κ3) is 13.2. The van der Waals surface area contributed by atoms with Gasteiger partial charge in [0.2, 0.25) is 5.91 Å². The summed E-state index contributed by atoms with van der Waals surface area (Å²) in [6.07, 6.45) is 21.7. The number of carbonyl (C=O) groups excluding carboxylic acids is 1. The fourth-order valence-corrected chi connectivity index (χ4v) is 5.36. The van der Waals surface area contributed by atoms with Crippen molar-refractivity contribution in [1.82, 2.24) is 9.55 Å². The van der Waals surface area contributed by atoms with Crippen molar-refractivity contribution in [3.63, 3.8) is 0 Å². The molecule has 4 N–H and O–H groups in total. The summed E-state index contributed by atoms with van der Waals surface area (Å²) in [6.45, 7) is 1.79. The van der Waals surface area contributed by atoms with E-state index in [1.807, 2.05) is 0 Å². The highest BCUT2D eigenvalue weighted by Gasteiger charge is 2.43. The van der Waals surface area contributed by atoms with Gasteiger partial charge in [-0.3, -0.25) is 9.36 Å². The second-order valence-corrected chi connectivity index (χ2v) is 11.4. The summed E-state index contributed by atoms with van der Waals surface area (Å²) in [5.41, 5.74) is -0.726. The number of rotatable bonds is 23.